The quantitative estimate of drug-likeness (QED) is 0.676. The number of benzene rings is 2. The molecule has 1 heterocycles. The van der Waals surface area contributed by atoms with Gasteiger partial charge in [0.15, 0.2) is 11.5 Å². The van der Waals surface area contributed by atoms with Crippen LogP contribution in [0.15, 0.2) is 47.6 Å². The lowest BCUT2D eigenvalue weighted by atomic mass is 9.97. The third-order valence-corrected chi connectivity index (χ3v) is 3.92. The molecule has 0 aromatic heterocycles. The van der Waals surface area contributed by atoms with E-state index in [9.17, 15) is 4.79 Å². The first-order valence-electron chi connectivity index (χ1n) is 8.34. The summed E-state index contributed by atoms with van der Waals surface area (Å²) in [7, 11) is 1.60. The van der Waals surface area contributed by atoms with Gasteiger partial charge in [-0.05, 0) is 35.9 Å². The Morgan fingerprint density at radius 3 is 2.69 bits per heavy atom. The molecule has 0 saturated carbocycles. The van der Waals surface area contributed by atoms with Crippen LogP contribution in [0.1, 0.15) is 29.8 Å². The minimum absolute atomic E-state index is 0.0809. The van der Waals surface area contributed by atoms with Gasteiger partial charge < -0.3 is 14.2 Å². The molecule has 0 radical (unpaired) electrons. The van der Waals surface area contributed by atoms with Gasteiger partial charge in [0.2, 0.25) is 0 Å². The van der Waals surface area contributed by atoms with Crippen LogP contribution in [0.3, 0.4) is 0 Å². The molecule has 136 valence electrons. The van der Waals surface area contributed by atoms with E-state index in [1.54, 1.807) is 31.5 Å². The summed E-state index contributed by atoms with van der Waals surface area (Å²) in [6.07, 6.45) is 1.56. The number of nitrogens with zero attached hydrogens (tertiary/aromatic N) is 1. The Labute approximate surface area is 152 Å². The van der Waals surface area contributed by atoms with Gasteiger partial charge in [-0.2, -0.15) is 5.10 Å². The second-order valence-corrected chi connectivity index (χ2v) is 6.88. The van der Waals surface area contributed by atoms with Crippen molar-refractivity contribution in [2.75, 3.05) is 20.3 Å². The fraction of sp³-hybridized carbons (Fsp3) is 0.300. The molecule has 0 bridgehead atoms. The molecular weight excluding hydrogens is 332 g/mol. The summed E-state index contributed by atoms with van der Waals surface area (Å²) in [6.45, 7) is 5.23. The van der Waals surface area contributed by atoms with Crippen molar-refractivity contribution in [2.24, 2.45) is 10.5 Å². The van der Waals surface area contributed by atoms with Crippen LogP contribution in [0.25, 0.3) is 0 Å². The minimum Gasteiger partial charge on any atom is -0.497 e. The van der Waals surface area contributed by atoms with Crippen molar-refractivity contribution in [2.45, 2.75) is 13.8 Å². The van der Waals surface area contributed by atoms with E-state index in [4.69, 9.17) is 14.2 Å². The summed E-state index contributed by atoms with van der Waals surface area (Å²) in [5.74, 6) is 1.62. The molecule has 0 fully saturated rings. The van der Waals surface area contributed by atoms with E-state index in [1.807, 2.05) is 24.3 Å². The van der Waals surface area contributed by atoms with Crippen molar-refractivity contribution in [3.05, 3.63) is 53.6 Å². The van der Waals surface area contributed by atoms with Crippen molar-refractivity contribution >= 4 is 12.1 Å². The highest BCUT2D eigenvalue weighted by Crippen LogP contribution is 2.34. The maximum atomic E-state index is 12.3. The van der Waals surface area contributed by atoms with E-state index in [2.05, 4.69) is 24.4 Å². The van der Waals surface area contributed by atoms with Crippen LogP contribution in [0, 0.1) is 5.41 Å². The van der Waals surface area contributed by atoms with Crippen LogP contribution >= 0.6 is 0 Å². The topological polar surface area (TPSA) is 69.2 Å². The largest absolute Gasteiger partial charge is 0.497 e. The summed E-state index contributed by atoms with van der Waals surface area (Å²) in [4.78, 5) is 12.3. The lowest BCUT2D eigenvalue weighted by Gasteiger charge is -2.19. The predicted octanol–water partition coefficient (Wildman–Crippen LogP) is 3.26. The Bertz CT molecular complexity index is 830. The molecule has 0 spiro atoms. The van der Waals surface area contributed by atoms with Crippen LogP contribution in [0.5, 0.6) is 17.2 Å². The molecule has 1 aliphatic rings. The summed E-state index contributed by atoms with van der Waals surface area (Å²) >= 11 is 0. The average molecular weight is 354 g/mol. The molecule has 0 unspecified atom stereocenters. The van der Waals surface area contributed by atoms with Gasteiger partial charge in [-0.15, -0.1) is 0 Å². The number of rotatable bonds is 4. The summed E-state index contributed by atoms with van der Waals surface area (Å²) in [5, 5.41) is 3.99. The lowest BCUT2D eigenvalue weighted by molar-refractivity contribution is 0.0954. The molecule has 2 aromatic rings. The molecular formula is C20H22N2O4. The number of hydrogen-bond donors (Lipinski definition) is 1. The Morgan fingerprint density at radius 2 is 1.92 bits per heavy atom. The number of amides is 1. The highest BCUT2D eigenvalue weighted by Gasteiger charge is 2.25. The Kier molecular flexibility index (Phi) is 5.11. The van der Waals surface area contributed by atoms with Crippen molar-refractivity contribution in [3.8, 4) is 17.2 Å². The Morgan fingerprint density at radius 1 is 1.15 bits per heavy atom. The number of methoxy groups -OCH3 is 1. The smallest absolute Gasteiger partial charge is 0.271 e. The zero-order valence-corrected chi connectivity index (χ0v) is 15.1. The third kappa shape index (κ3) is 4.33. The number of fused-ring (bicyclic) bond motifs is 1. The van der Waals surface area contributed by atoms with E-state index in [0.717, 1.165) is 11.3 Å². The van der Waals surface area contributed by atoms with Gasteiger partial charge in [0, 0.05) is 11.0 Å². The van der Waals surface area contributed by atoms with E-state index >= 15 is 0 Å². The van der Waals surface area contributed by atoms with E-state index in [0.29, 0.717) is 30.3 Å². The lowest BCUT2D eigenvalue weighted by Crippen LogP contribution is -2.26. The first-order valence-corrected chi connectivity index (χ1v) is 8.34. The normalized spacial score (nSPS) is 15.3. The van der Waals surface area contributed by atoms with Gasteiger partial charge in [-0.1, -0.05) is 26.0 Å². The molecule has 1 aliphatic heterocycles. The number of ether oxygens (including phenoxy) is 3. The molecule has 2 aromatic carbocycles. The summed E-state index contributed by atoms with van der Waals surface area (Å²) < 4.78 is 16.7. The van der Waals surface area contributed by atoms with E-state index in [1.165, 1.54) is 0 Å². The van der Waals surface area contributed by atoms with Gasteiger partial charge in [0.25, 0.3) is 5.91 Å². The predicted molar refractivity (Wildman–Crippen MR) is 99.3 cm³/mol. The van der Waals surface area contributed by atoms with Crippen molar-refractivity contribution in [1.29, 1.82) is 0 Å². The van der Waals surface area contributed by atoms with Crippen LogP contribution in [0.2, 0.25) is 0 Å². The molecule has 0 saturated heterocycles. The molecule has 1 amide bonds. The third-order valence-electron chi connectivity index (χ3n) is 3.92. The van der Waals surface area contributed by atoms with Crippen LogP contribution < -0.4 is 19.6 Å². The van der Waals surface area contributed by atoms with Gasteiger partial charge in [0.05, 0.1) is 26.5 Å². The number of carbonyl (C=O) groups excluding carboxylic acids is 1. The average Bonchev–Trinajstić information content (AvgIpc) is 2.80. The Balaban J connectivity index is 1.67. The number of carbonyl (C=O) groups is 1. The fourth-order valence-corrected chi connectivity index (χ4v) is 2.42. The maximum absolute atomic E-state index is 12.3. The van der Waals surface area contributed by atoms with Gasteiger partial charge in [-0.3, -0.25) is 4.79 Å². The van der Waals surface area contributed by atoms with Crippen molar-refractivity contribution in [1.82, 2.24) is 5.43 Å². The van der Waals surface area contributed by atoms with E-state index in [-0.39, 0.29) is 11.3 Å². The first kappa shape index (κ1) is 17.8. The number of hydrogen-bond acceptors (Lipinski definition) is 5. The molecule has 6 nitrogen and oxygen atoms in total. The van der Waals surface area contributed by atoms with Crippen LogP contribution in [0.4, 0.5) is 0 Å². The Hall–Kier alpha value is -3.02. The maximum Gasteiger partial charge on any atom is 0.271 e. The highest BCUT2D eigenvalue weighted by atomic mass is 16.5. The SMILES string of the molecule is COc1cccc(/C=N\NC(=O)c2ccc3c(c2)OCC(C)(C)CO3)c1. The van der Waals surface area contributed by atoms with E-state index < -0.39 is 0 Å². The van der Waals surface area contributed by atoms with Crippen LogP contribution in [-0.2, 0) is 0 Å². The van der Waals surface area contributed by atoms with Gasteiger partial charge in [-0.25, -0.2) is 5.43 Å². The summed E-state index contributed by atoms with van der Waals surface area (Å²) in [5.41, 5.74) is 3.71. The monoisotopic (exact) mass is 354 g/mol. The molecule has 0 atom stereocenters. The molecule has 0 aliphatic carbocycles. The first-order chi connectivity index (χ1) is 12.5. The molecule has 1 N–H and O–H groups in total. The standard InChI is InChI=1S/C20H22N2O4/c1-20(2)12-25-17-8-7-15(10-18(17)26-13-20)19(23)22-21-11-14-5-4-6-16(9-14)24-3/h4-11H,12-13H2,1-3H3,(H,22,23)/b21-11-. The van der Waals surface area contributed by atoms with Gasteiger partial charge in [0.1, 0.15) is 5.75 Å². The highest BCUT2D eigenvalue weighted by molar-refractivity contribution is 5.95. The molecule has 3 rings (SSSR count). The number of hydrazone groups is 1. The second kappa shape index (κ2) is 7.47. The molecule has 26 heavy (non-hydrogen) atoms. The zero-order valence-electron chi connectivity index (χ0n) is 15.1. The van der Waals surface area contributed by atoms with Crippen LogP contribution in [-0.4, -0.2) is 32.4 Å². The fourth-order valence-electron chi connectivity index (χ4n) is 2.42. The second-order valence-electron chi connectivity index (χ2n) is 6.88. The van der Waals surface area contributed by atoms with Crippen molar-refractivity contribution < 1.29 is 19.0 Å². The molecule has 6 heteroatoms. The number of nitrogens with one attached hydrogen (secondary N) is 1. The summed E-state index contributed by atoms with van der Waals surface area (Å²) in [6, 6.07) is 12.5. The van der Waals surface area contributed by atoms with Gasteiger partial charge >= 0.3 is 0 Å². The zero-order chi connectivity index (χ0) is 18.6. The minimum atomic E-state index is -0.320. The van der Waals surface area contributed by atoms with Crippen molar-refractivity contribution in [3.63, 3.8) is 0 Å².